The van der Waals surface area contributed by atoms with Gasteiger partial charge in [0, 0.05) is 42.9 Å². The van der Waals surface area contributed by atoms with Gasteiger partial charge in [0.05, 0.1) is 29.0 Å². The molecule has 2 N–H and O–H groups in total. The van der Waals surface area contributed by atoms with Crippen LogP contribution in [-0.4, -0.2) is 88.8 Å². The number of nitrogens with two attached hydrogens (primary N) is 1. The van der Waals surface area contributed by atoms with Crippen LogP contribution in [-0.2, 0) is 11.3 Å². The van der Waals surface area contributed by atoms with Gasteiger partial charge in [-0.05, 0) is 45.6 Å². The molecule has 0 unspecified atom stereocenters. The molecule has 3 aromatic rings. The van der Waals surface area contributed by atoms with Crippen LogP contribution >= 0.6 is 11.3 Å². The first kappa shape index (κ1) is 22.4. The third kappa shape index (κ3) is 4.93. The van der Waals surface area contributed by atoms with Gasteiger partial charge in [-0.1, -0.05) is 6.92 Å². The summed E-state index contributed by atoms with van der Waals surface area (Å²) >= 11 is 1.81. The zero-order chi connectivity index (χ0) is 22.8. The molecule has 5 heterocycles. The fourth-order valence-electron chi connectivity index (χ4n) is 4.67. The smallest absolute Gasteiger partial charge is 0.219 e. The van der Waals surface area contributed by atoms with Crippen LogP contribution in [0.15, 0.2) is 18.5 Å². The Bertz CT molecular complexity index is 1070. The summed E-state index contributed by atoms with van der Waals surface area (Å²) in [5.74, 6) is 1.86. The van der Waals surface area contributed by atoms with E-state index in [-0.39, 0.29) is 5.95 Å². The minimum absolute atomic E-state index is 0.249. The van der Waals surface area contributed by atoms with Crippen LogP contribution in [0.1, 0.15) is 24.6 Å². The molecule has 2 saturated heterocycles. The van der Waals surface area contributed by atoms with Crippen LogP contribution in [0, 0.1) is 0 Å². The van der Waals surface area contributed by atoms with Gasteiger partial charge in [-0.25, -0.2) is 19.9 Å². The molecular weight excluding hydrogens is 436 g/mol. The maximum atomic E-state index is 5.68. The van der Waals surface area contributed by atoms with Crippen molar-refractivity contribution in [2.24, 2.45) is 0 Å². The monoisotopic (exact) mass is 468 g/mol. The summed E-state index contributed by atoms with van der Waals surface area (Å²) in [4.78, 5) is 26.8. The predicted octanol–water partition coefficient (Wildman–Crippen LogP) is 2.48. The van der Waals surface area contributed by atoms with Crippen LogP contribution in [0.25, 0.3) is 21.6 Å². The molecule has 5 rings (SSSR count). The highest BCUT2D eigenvalue weighted by Gasteiger charge is 2.24. The highest BCUT2D eigenvalue weighted by atomic mass is 32.1. The third-order valence-electron chi connectivity index (χ3n) is 6.68. The van der Waals surface area contributed by atoms with E-state index < -0.39 is 0 Å². The van der Waals surface area contributed by atoms with E-state index in [1.165, 1.54) is 30.8 Å². The SMILES string of the molecule is CCN1CCC(N(C)Cc2cc3nc(-c4cnc(N)nc4)nc(N4CCOCC4)c3s2)CC1. The fraction of sp³-hybridized carbons (Fsp3) is 0.565. The van der Waals surface area contributed by atoms with Crippen LogP contribution in [0.5, 0.6) is 0 Å². The zero-order valence-electron chi connectivity index (χ0n) is 19.4. The summed E-state index contributed by atoms with van der Waals surface area (Å²) < 4.78 is 6.72. The molecule has 2 fully saturated rings. The molecule has 10 heteroatoms. The average Bonchev–Trinajstić information content (AvgIpc) is 3.26. The van der Waals surface area contributed by atoms with Gasteiger partial charge < -0.3 is 20.3 Å². The molecule has 0 atom stereocenters. The lowest BCUT2D eigenvalue weighted by atomic mass is 10.0. The van der Waals surface area contributed by atoms with E-state index in [1.54, 1.807) is 12.4 Å². The second kappa shape index (κ2) is 9.84. The number of anilines is 2. The van der Waals surface area contributed by atoms with Crippen LogP contribution < -0.4 is 10.6 Å². The first-order chi connectivity index (χ1) is 16.1. The van der Waals surface area contributed by atoms with Crippen LogP contribution in [0.3, 0.4) is 0 Å². The highest BCUT2D eigenvalue weighted by Crippen LogP contribution is 2.35. The van der Waals surface area contributed by atoms with Crippen molar-refractivity contribution in [3.8, 4) is 11.4 Å². The number of fused-ring (bicyclic) bond motifs is 1. The van der Waals surface area contributed by atoms with Crippen molar-refractivity contribution in [3.63, 3.8) is 0 Å². The molecule has 0 spiro atoms. The average molecular weight is 469 g/mol. The standard InChI is InChI=1S/C23H32N8OS/c1-3-30-6-4-17(5-7-30)29(2)15-18-12-19-20(33-18)22(31-8-10-32-11-9-31)28-21(27-19)16-13-25-23(24)26-14-16/h12-14,17H,3-11,15H2,1-2H3,(H2,24,25,26). The van der Waals surface area contributed by atoms with E-state index in [9.17, 15) is 0 Å². The van der Waals surface area contributed by atoms with E-state index in [0.717, 1.165) is 47.8 Å². The molecule has 0 radical (unpaired) electrons. The first-order valence-electron chi connectivity index (χ1n) is 11.7. The van der Waals surface area contributed by atoms with Crippen molar-refractivity contribution in [2.75, 3.05) is 63.6 Å². The summed E-state index contributed by atoms with van der Waals surface area (Å²) in [7, 11) is 2.25. The molecule has 3 aromatic heterocycles. The third-order valence-corrected chi connectivity index (χ3v) is 7.78. The Labute approximate surface area is 198 Å². The Morgan fingerprint density at radius 3 is 2.55 bits per heavy atom. The molecule has 2 aliphatic heterocycles. The van der Waals surface area contributed by atoms with Gasteiger partial charge in [-0.15, -0.1) is 11.3 Å². The predicted molar refractivity (Wildman–Crippen MR) is 132 cm³/mol. The number of nitrogen functional groups attached to an aromatic ring is 1. The molecule has 33 heavy (non-hydrogen) atoms. The van der Waals surface area contributed by atoms with Crippen LogP contribution in [0.2, 0.25) is 0 Å². The number of likely N-dealkylation sites (tertiary alicyclic amines) is 1. The van der Waals surface area contributed by atoms with E-state index in [1.807, 2.05) is 11.3 Å². The molecule has 176 valence electrons. The number of hydrogen-bond acceptors (Lipinski definition) is 10. The number of ether oxygens (including phenoxy) is 1. The van der Waals surface area contributed by atoms with Gasteiger partial charge in [-0.2, -0.15) is 0 Å². The highest BCUT2D eigenvalue weighted by molar-refractivity contribution is 7.19. The van der Waals surface area contributed by atoms with E-state index >= 15 is 0 Å². The largest absolute Gasteiger partial charge is 0.378 e. The second-order valence-electron chi connectivity index (χ2n) is 8.81. The fourth-order valence-corrected chi connectivity index (χ4v) is 5.84. The van der Waals surface area contributed by atoms with Crippen molar-refractivity contribution in [1.29, 1.82) is 0 Å². The Kier molecular flexibility index (Phi) is 6.68. The normalized spacial score (nSPS) is 18.5. The Hall–Kier alpha value is -2.40. The number of thiophene rings is 1. The summed E-state index contributed by atoms with van der Waals surface area (Å²) in [6.07, 6.45) is 5.84. The maximum absolute atomic E-state index is 5.68. The lowest BCUT2D eigenvalue weighted by molar-refractivity contribution is 0.122. The van der Waals surface area contributed by atoms with Gasteiger partial charge in [-0.3, -0.25) is 4.90 Å². The molecule has 0 amide bonds. The summed E-state index contributed by atoms with van der Waals surface area (Å²) in [5, 5.41) is 0. The number of aromatic nitrogens is 4. The number of hydrogen-bond donors (Lipinski definition) is 1. The van der Waals surface area contributed by atoms with Crippen molar-refractivity contribution in [3.05, 3.63) is 23.3 Å². The Balaban J connectivity index is 1.44. The van der Waals surface area contributed by atoms with Gasteiger partial charge in [0.15, 0.2) is 11.6 Å². The van der Waals surface area contributed by atoms with Gasteiger partial charge in [0.2, 0.25) is 5.95 Å². The number of rotatable bonds is 6. The number of nitrogens with zero attached hydrogens (tertiary/aromatic N) is 7. The van der Waals surface area contributed by atoms with Crippen LogP contribution in [0.4, 0.5) is 11.8 Å². The number of morpholine rings is 1. The topological polar surface area (TPSA) is 96.5 Å². The minimum Gasteiger partial charge on any atom is -0.378 e. The van der Waals surface area contributed by atoms with E-state index in [0.29, 0.717) is 25.1 Å². The van der Waals surface area contributed by atoms with Crippen molar-refractivity contribution >= 4 is 33.3 Å². The minimum atomic E-state index is 0.249. The lowest BCUT2D eigenvalue weighted by Crippen LogP contribution is -2.42. The summed E-state index contributed by atoms with van der Waals surface area (Å²) in [6.45, 7) is 9.79. The zero-order valence-corrected chi connectivity index (χ0v) is 20.2. The molecule has 9 nitrogen and oxygen atoms in total. The van der Waals surface area contributed by atoms with E-state index in [4.69, 9.17) is 20.4 Å². The van der Waals surface area contributed by atoms with E-state index in [2.05, 4.69) is 44.7 Å². The quantitative estimate of drug-likeness (QED) is 0.585. The Morgan fingerprint density at radius 1 is 1.12 bits per heavy atom. The van der Waals surface area contributed by atoms with Gasteiger partial charge in [0.25, 0.3) is 0 Å². The molecule has 0 aliphatic carbocycles. The van der Waals surface area contributed by atoms with Crippen molar-refractivity contribution < 1.29 is 4.74 Å². The first-order valence-corrected chi connectivity index (χ1v) is 12.6. The van der Waals surface area contributed by atoms with Crippen molar-refractivity contribution in [2.45, 2.75) is 32.4 Å². The second-order valence-corrected chi connectivity index (χ2v) is 9.94. The van der Waals surface area contributed by atoms with Gasteiger partial charge in [0.1, 0.15) is 0 Å². The number of piperidine rings is 1. The Morgan fingerprint density at radius 2 is 1.85 bits per heavy atom. The summed E-state index contributed by atoms with van der Waals surface area (Å²) in [6, 6.07) is 2.86. The summed E-state index contributed by atoms with van der Waals surface area (Å²) in [5.41, 5.74) is 7.43. The molecule has 0 saturated carbocycles. The molecule has 0 aromatic carbocycles. The molecule has 2 aliphatic rings. The molecule has 0 bridgehead atoms. The molecular formula is C23H32N8OS. The van der Waals surface area contributed by atoms with Gasteiger partial charge >= 0.3 is 0 Å². The lowest BCUT2D eigenvalue weighted by Gasteiger charge is -2.36. The maximum Gasteiger partial charge on any atom is 0.219 e. The van der Waals surface area contributed by atoms with Crippen molar-refractivity contribution in [1.82, 2.24) is 29.7 Å².